The van der Waals surface area contributed by atoms with Gasteiger partial charge in [0.2, 0.25) is 0 Å². The molecule has 29 heavy (non-hydrogen) atoms. The molecule has 3 aromatic rings. The van der Waals surface area contributed by atoms with Gasteiger partial charge in [-0.1, -0.05) is 40.9 Å². The third-order valence-corrected chi connectivity index (χ3v) is 5.42. The van der Waals surface area contributed by atoms with E-state index < -0.39 is 5.91 Å². The standard InChI is InChI=1S/C21H17Cl3N2O3/c1-12-8-15(9-13(2)20(12)23)28-11-19(27)26-25-10-14-6-7-18(29-14)16-4-3-5-17(22)21(16)24/h3-10H,11H2,1-2H3,(H,26,27). The van der Waals surface area contributed by atoms with Crippen molar-refractivity contribution in [1.29, 1.82) is 0 Å². The van der Waals surface area contributed by atoms with E-state index in [0.29, 0.717) is 37.9 Å². The summed E-state index contributed by atoms with van der Waals surface area (Å²) in [4.78, 5) is 11.9. The number of hydrazone groups is 1. The predicted molar refractivity (Wildman–Crippen MR) is 116 cm³/mol. The molecule has 0 aliphatic heterocycles. The van der Waals surface area contributed by atoms with Crippen LogP contribution in [0.25, 0.3) is 11.3 Å². The van der Waals surface area contributed by atoms with Crippen molar-refractivity contribution in [2.45, 2.75) is 13.8 Å². The number of halogens is 3. The first-order chi connectivity index (χ1) is 13.8. The van der Waals surface area contributed by atoms with Gasteiger partial charge < -0.3 is 9.15 Å². The van der Waals surface area contributed by atoms with Gasteiger partial charge in [0, 0.05) is 10.6 Å². The number of carbonyl (C=O) groups is 1. The van der Waals surface area contributed by atoms with Crippen LogP contribution < -0.4 is 10.2 Å². The zero-order valence-electron chi connectivity index (χ0n) is 15.6. The van der Waals surface area contributed by atoms with Crippen molar-refractivity contribution < 1.29 is 13.9 Å². The second kappa shape index (κ2) is 9.35. The Labute approximate surface area is 183 Å². The first kappa shape index (κ1) is 21.2. The molecular weight excluding hydrogens is 435 g/mol. The summed E-state index contributed by atoms with van der Waals surface area (Å²) in [6, 6.07) is 12.3. The third kappa shape index (κ3) is 5.32. The maximum Gasteiger partial charge on any atom is 0.277 e. The fourth-order valence-corrected chi connectivity index (χ4v) is 3.10. The van der Waals surface area contributed by atoms with Crippen LogP contribution in [-0.4, -0.2) is 18.7 Å². The Hall–Kier alpha value is -2.47. The number of amides is 1. The van der Waals surface area contributed by atoms with Gasteiger partial charge in [-0.15, -0.1) is 0 Å². The van der Waals surface area contributed by atoms with Crippen LogP contribution in [0.5, 0.6) is 5.75 Å². The third-order valence-electron chi connectivity index (χ3n) is 4.00. The van der Waals surface area contributed by atoms with Gasteiger partial charge in [0.25, 0.3) is 5.91 Å². The Morgan fingerprint density at radius 3 is 2.55 bits per heavy atom. The fraction of sp³-hybridized carbons (Fsp3) is 0.143. The van der Waals surface area contributed by atoms with Crippen LogP contribution in [0.15, 0.2) is 52.0 Å². The van der Waals surface area contributed by atoms with Crippen molar-refractivity contribution in [3.05, 3.63) is 74.4 Å². The van der Waals surface area contributed by atoms with Crippen molar-refractivity contribution in [3.8, 4) is 17.1 Å². The van der Waals surface area contributed by atoms with Crippen LogP contribution in [0.2, 0.25) is 15.1 Å². The lowest BCUT2D eigenvalue weighted by atomic mass is 10.1. The zero-order valence-corrected chi connectivity index (χ0v) is 17.9. The van der Waals surface area contributed by atoms with Crippen molar-refractivity contribution in [2.24, 2.45) is 5.10 Å². The number of carbonyl (C=O) groups excluding carboxylic acids is 1. The van der Waals surface area contributed by atoms with Crippen LogP contribution in [0.1, 0.15) is 16.9 Å². The molecule has 0 unspecified atom stereocenters. The average molecular weight is 452 g/mol. The highest BCUT2D eigenvalue weighted by Crippen LogP contribution is 2.34. The average Bonchev–Trinajstić information content (AvgIpc) is 3.15. The summed E-state index contributed by atoms with van der Waals surface area (Å²) in [6.07, 6.45) is 1.39. The van der Waals surface area contributed by atoms with E-state index in [9.17, 15) is 4.79 Å². The van der Waals surface area contributed by atoms with E-state index in [1.807, 2.05) is 13.8 Å². The Balaban J connectivity index is 1.56. The second-order valence-corrected chi connectivity index (χ2v) is 7.42. The monoisotopic (exact) mass is 450 g/mol. The number of hydrogen-bond donors (Lipinski definition) is 1. The molecule has 0 aliphatic carbocycles. The Kier molecular flexibility index (Phi) is 6.85. The number of aryl methyl sites for hydroxylation is 2. The molecule has 3 rings (SSSR count). The lowest BCUT2D eigenvalue weighted by Crippen LogP contribution is -2.24. The molecule has 0 atom stereocenters. The van der Waals surface area contributed by atoms with E-state index in [1.165, 1.54) is 6.21 Å². The van der Waals surface area contributed by atoms with Crippen molar-refractivity contribution in [1.82, 2.24) is 5.43 Å². The summed E-state index contributed by atoms with van der Waals surface area (Å²) in [5.74, 6) is 1.15. The van der Waals surface area contributed by atoms with E-state index in [0.717, 1.165) is 11.1 Å². The number of nitrogens with zero attached hydrogens (tertiary/aromatic N) is 1. The smallest absolute Gasteiger partial charge is 0.277 e. The normalized spacial score (nSPS) is 11.1. The summed E-state index contributed by atoms with van der Waals surface area (Å²) >= 11 is 18.3. The first-order valence-corrected chi connectivity index (χ1v) is 9.74. The Bertz CT molecular complexity index is 1050. The molecule has 0 bridgehead atoms. The molecule has 0 aliphatic rings. The topological polar surface area (TPSA) is 63.8 Å². The van der Waals surface area contributed by atoms with Gasteiger partial charge in [0.1, 0.15) is 17.3 Å². The van der Waals surface area contributed by atoms with Crippen molar-refractivity contribution in [3.63, 3.8) is 0 Å². The molecule has 1 aromatic heterocycles. The van der Waals surface area contributed by atoms with Gasteiger partial charge in [0.05, 0.1) is 16.3 Å². The largest absolute Gasteiger partial charge is 0.484 e. The predicted octanol–water partition coefficient (Wildman–Crippen LogP) is 6.05. The molecule has 1 heterocycles. The molecular formula is C21H17Cl3N2O3. The number of furan rings is 1. The SMILES string of the molecule is Cc1cc(OCC(=O)NN=Cc2ccc(-c3cccc(Cl)c3Cl)o2)cc(C)c1Cl. The second-order valence-electron chi connectivity index (χ2n) is 6.26. The maximum absolute atomic E-state index is 11.9. The van der Waals surface area contributed by atoms with Gasteiger partial charge in [-0.25, -0.2) is 5.43 Å². The van der Waals surface area contributed by atoms with E-state index in [4.69, 9.17) is 44.0 Å². The van der Waals surface area contributed by atoms with Crippen molar-refractivity contribution in [2.75, 3.05) is 6.61 Å². The lowest BCUT2D eigenvalue weighted by molar-refractivity contribution is -0.123. The van der Waals surface area contributed by atoms with Crippen LogP contribution >= 0.6 is 34.8 Å². The minimum absolute atomic E-state index is 0.181. The van der Waals surface area contributed by atoms with E-state index >= 15 is 0 Å². The van der Waals surface area contributed by atoms with Crippen LogP contribution in [0.4, 0.5) is 0 Å². The Morgan fingerprint density at radius 2 is 1.83 bits per heavy atom. The molecule has 0 spiro atoms. The maximum atomic E-state index is 11.9. The number of hydrogen-bond acceptors (Lipinski definition) is 4. The van der Waals surface area contributed by atoms with Crippen LogP contribution in [0, 0.1) is 13.8 Å². The molecule has 5 nitrogen and oxygen atoms in total. The molecule has 0 radical (unpaired) electrons. The first-order valence-electron chi connectivity index (χ1n) is 8.61. The zero-order chi connectivity index (χ0) is 21.0. The van der Waals surface area contributed by atoms with Crippen LogP contribution in [-0.2, 0) is 4.79 Å². The summed E-state index contributed by atoms with van der Waals surface area (Å²) in [7, 11) is 0. The molecule has 1 amide bonds. The number of nitrogens with one attached hydrogen (secondary N) is 1. The van der Waals surface area contributed by atoms with Crippen LogP contribution in [0.3, 0.4) is 0 Å². The number of ether oxygens (including phenoxy) is 1. The number of benzene rings is 2. The van der Waals surface area contributed by atoms with Gasteiger partial charge >= 0.3 is 0 Å². The minimum Gasteiger partial charge on any atom is -0.484 e. The summed E-state index contributed by atoms with van der Waals surface area (Å²) in [6.45, 7) is 3.57. The van der Waals surface area contributed by atoms with Crippen molar-refractivity contribution >= 4 is 46.9 Å². The molecule has 0 saturated heterocycles. The highest BCUT2D eigenvalue weighted by atomic mass is 35.5. The molecule has 0 fully saturated rings. The van der Waals surface area contributed by atoms with Gasteiger partial charge in [0.15, 0.2) is 6.61 Å². The molecule has 2 aromatic carbocycles. The van der Waals surface area contributed by atoms with E-state index in [2.05, 4.69) is 10.5 Å². The van der Waals surface area contributed by atoms with Gasteiger partial charge in [-0.3, -0.25) is 4.79 Å². The Morgan fingerprint density at radius 1 is 1.10 bits per heavy atom. The lowest BCUT2D eigenvalue weighted by Gasteiger charge is -2.09. The summed E-state index contributed by atoms with van der Waals surface area (Å²) in [5, 5.41) is 5.40. The fourth-order valence-electron chi connectivity index (χ4n) is 2.60. The molecule has 150 valence electrons. The highest BCUT2D eigenvalue weighted by Gasteiger charge is 2.10. The summed E-state index contributed by atoms with van der Waals surface area (Å²) < 4.78 is 11.1. The summed E-state index contributed by atoms with van der Waals surface area (Å²) in [5.41, 5.74) is 4.82. The van der Waals surface area contributed by atoms with E-state index in [-0.39, 0.29) is 6.61 Å². The van der Waals surface area contributed by atoms with Gasteiger partial charge in [-0.05, 0) is 61.4 Å². The molecule has 0 saturated carbocycles. The quantitative estimate of drug-likeness (QED) is 0.366. The molecule has 1 N–H and O–H groups in total. The minimum atomic E-state index is -0.406. The highest BCUT2D eigenvalue weighted by molar-refractivity contribution is 6.43. The van der Waals surface area contributed by atoms with E-state index in [1.54, 1.807) is 42.5 Å². The number of rotatable bonds is 6. The van der Waals surface area contributed by atoms with Gasteiger partial charge in [-0.2, -0.15) is 5.10 Å². The molecule has 8 heteroatoms.